The van der Waals surface area contributed by atoms with Gasteiger partial charge in [0.2, 0.25) is 0 Å². The lowest BCUT2D eigenvalue weighted by Crippen LogP contribution is -2.16. The summed E-state index contributed by atoms with van der Waals surface area (Å²) in [5.74, 6) is -2.25. The SMILES string of the molecule is COC(=O)/C=C(/Nc1cc(C)cc(C(C)=O)c1O)C(=O)OC. The number of carbonyl (C=O) groups excluding carboxylic acids is 3. The van der Waals surface area contributed by atoms with Crippen molar-refractivity contribution in [2.24, 2.45) is 0 Å². The van der Waals surface area contributed by atoms with Crippen molar-refractivity contribution < 1.29 is 29.0 Å². The van der Waals surface area contributed by atoms with Crippen LogP contribution in [-0.4, -0.2) is 37.0 Å². The van der Waals surface area contributed by atoms with Gasteiger partial charge >= 0.3 is 11.9 Å². The van der Waals surface area contributed by atoms with Gasteiger partial charge in [-0.1, -0.05) is 0 Å². The second kappa shape index (κ2) is 7.26. The predicted octanol–water partition coefficient (Wildman–Crippen LogP) is 1.55. The second-order valence-electron chi connectivity index (χ2n) is 4.46. The monoisotopic (exact) mass is 307 g/mol. The summed E-state index contributed by atoms with van der Waals surface area (Å²) in [6.07, 6.45) is 0.890. The Morgan fingerprint density at radius 2 is 1.82 bits per heavy atom. The summed E-state index contributed by atoms with van der Waals surface area (Å²) >= 11 is 0. The number of rotatable bonds is 5. The van der Waals surface area contributed by atoms with E-state index < -0.39 is 11.9 Å². The third kappa shape index (κ3) is 4.08. The van der Waals surface area contributed by atoms with Crippen LogP contribution in [0.2, 0.25) is 0 Å². The summed E-state index contributed by atoms with van der Waals surface area (Å²) in [4.78, 5) is 34.5. The first-order chi connectivity index (χ1) is 10.3. The van der Waals surface area contributed by atoms with Gasteiger partial charge in [-0.25, -0.2) is 9.59 Å². The number of ketones is 1. The molecule has 0 aromatic heterocycles. The number of aryl methyl sites for hydroxylation is 1. The lowest BCUT2D eigenvalue weighted by Gasteiger charge is -2.13. The molecule has 118 valence electrons. The van der Waals surface area contributed by atoms with Gasteiger partial charge in [-0.15, -0.1) is 0 Å². The maximum Gasteiger partial charge on any atom is 0.354 e. The first-order valence-electron chi connectivity index (χ1n) is 6.29. The van der Waals surface area contributed by atoms with E-state index in [1.165, 1.54) is 19.1 Å². The highest BCUT2D eigenvalue weighted by molar-refractivity contribution is 6.01. The van der Waals surface area contributed by atoms with Crippen LogP contribution in [0.3, 0.4) is 0 Å². The van der Waals surface area contributed by atoms with Crippen LogP contribution in [0.4, 0.5) is 5.69 Å². The Kier molecular flexibility index (Phi) is 5.68. The van der Waals surface area contributed by atoms with Gasteiger partial charge in [-0.3, -0.25) is 4.79 Å². The molecule has 1 aromatic rings. The standard InChI is InChI=1S/C15H17NO6/c1-8-5-10(9(2)17)14(19)11(6-8)16-12(15(20)22-4)7-13(18)21-3/h5-7,16,19H,1-4H3/b12-7+. The number of benzene rings is 1. The maximum absolute atomic E-state index is 11.7. The number of ether oxygens (including phenoxy) is 2. The molecule has 1 rings (SSSR count). The van der Waals surface area contributed by atoms with Gasteiger partial charge in [-0.05, 0) is 31.5 Å². The quantitative estimate of drug-likeness (QED) is 0.368. The number of Topliss-reactive ketones (excluding diaryl/α,β-unsaturated/α-hetero) is 1. The van der Waals surface area contributed by atoms with Crippen LogP contribution in [0, 0.1) is 6.92 Å². The molecule has 0 fully saturated rings. The number of nitrogens with one attached hydrogen (secondary N) is 1. The van der Waals surface area contributed by atoms with E-state index in [0.717, 1.165) is 20.3 Å². The first kappa shape index (κ1) is 17.2. The summed E-state index contributed by atoms with van der Waals surface area (Å²) in [5, 5.41) is 12.7. The normalized spacial score (nSPS) is 10.8. The van der Waals surface area contributed by atoms with E-state index in [1.807, 2.05) is 0 Å². The third-order valence-corrected chi connectivity index (χ3v) is 2.77. The Bertz CT molecular complexity index is 648. The molecule has 0 aliphatic rings. The molecule has 0 aliphatic carbocycles. The minimum atomic E-state index is -0.823. The zero-order chi connectivity index (χ0) is 16.9. The van der Waals surface area contributed by atoms with Gasteiger partial charge in [-0.2, -0.15) is 0 Å². The van der Waals surface area contributed by atoms with Crippen molar-refractivity contribution in [2.75, 3.05) is 19.5 Å². The molecular formula is C15H17NO6. The van der Waals surface area contributed by atoms with Crippen molar-refractivity contribution in [2.45, 2.75) is 13.8 Å². The average molecular weight is 307 g/mol. The smallest absolute Gasteiger partial charge is 0.354 e. The van der Waals surface area contributed by atoms with Gasteiger partial charge in [0.25, 0.3) is 0 Å². The Balaban J connectivity index is 3.30. The molecule has 1 aromatic carbocycles. The lowest BCUT2D eigenvalue weighted by molar-refractivity contribution is -0.138. The fourth-order valence-electron chi connectivity index (χ4n) is 1.72. The van der Waals surface area contributed by atoms with Crippen LogP contribution in [-0.2, 0) is 19.1 Å². The van der Waals surface area contributed by atoms with E-state index in [-0.39, 0.29) is 28.5 Å². The van der Waals surface area contributed by atoms with Gasteiger partial charge < -0.3 is 19.9 Å². The molecule has 0 spiro atoms. The number of phenols is 1. The van der Waals surface area contributed by atoms with Crippen LogP contribution in [0.5, 0.6) is 5.75 Å². The topological polar surface area (TPSA) is 102 Å². The van der Waals surface area contributed by atoms with Gasteiger partial charge in [0.15, 0.2) is 5.78 Å². The number of carbonyl (C=O) groups is 3. The van der Waals surface area contributed by atoms with Crippen molar-refractivity contribution >= 4 is 23.4 Å². The van der Waals surface area contributed by atoms with E-state index in [1.54, 1.807) is 6.92 Å². The zero-order valence-corrected chi connectivity index (χ0v) is 12.7. The number of esters is 2. The molecule has 7 nitrogen and oxygen atoms in total. The third-order valence-electron chi connectivity index (χ3n) is 2.77. The summed E-state index contributed by atoms with van der Waals surface area (Å²) in [5.41, 5.74) is 0.660. The molecule has 0 heterocycles. The van der Waals surface area contributed by atoms with Crippen LogP contribution >= 0.6 is 0 Å². The Hall–Kier alpha value is -2.83. The molecule has 0 bridgehead atoms. The van der Waals surface area contributed by atoms with Crippen LogP contribution in [0.15, 0.2) is 23.9 Å². The van der Waals surface area contributed by atoms with E-state index in [0.29, 0.717) is 5.56 Å². The number of phenolic OH excluding ortho intramolecular Hbond substituents is 1. The number of anilines is 1. The minimum Gasteiger partial charge on any atom is -0.505 e. The summed E-state index contributed by atoms with van der Waals surface area (Å²) in [6, 6.07) is 3.04. The lowest BCUT2D eigenvalue weighted by atomic mass is 10.1. The zero-order valence-electron chi connectivity index (χ0n) is 12.7. The molecule has 0 radical (unpaired) electrons. The fraction of sp³-hybridized carbons (Fsp3) is 0.267. The Morgan fingerprint density at radius 3 is 2.32 bits per heavy atom. The van der Waals surface area contributed by atoms with E-state index in [2.05, 4.69) is 14.8 Å². The van der Waals surface area contributed by atoms with Gasteiger partial charge in [0.05, 0.1) is 31.5 Å². The molecule has 0 aliphatic heterocycles. The van der Waals surface area contributed by atoms with Crippen LogP contribution in [0.25, 0.3) is 0 Å². The molecule has 7 heteroatoms. The highest BCUT2D eigenvalue weighted by Crippen LogP contribution is 2.30. The molecule has 2 N–H and O–H groups in total. The highest BCUT2D eigenvalue weighted by Gasteiger charge is 2.17. The van der Waals surface area contributed by atoms with E-state index in [4.69, 9.17) is 0 Å². The summed E-state index contributed by atoms with van der Waals surface area (Å²) in [6.45, 7) is 3.03. The molecule has 0 saturated carbocycles. The van der Waals surface area contributed by atoms with Crippen molar-refractivity contribution in [3.05, 3.63) is 35.0 Å². The first-order valence-corrected chi connectivity index (χ1v) is 6.29. The van der Waals surface area contributed by atoms with Gasteiger partial charge in [0.1, 0.15) is 11.4 Å². The Labute approximate surface area is 127 Å². The number of aromatic hydroxyl groups is 1. The van der Waals surface area contributed by atoms with Crippen molar-refractivity contribution in [1.29, 1.82) is 0 Å². The molecule has 0 amide bonds. The highest BCUT2D eigenvalue weighted by atomic mass is 16.5. The fourth-order valence-corrected chi connectivity index (χ4v) is 1.72. The van der Waals surface area contributed by atoms with E-state index >= 15 is 0 Å². The van der Waals surface area contributed by atoms with Crippen molar-refractivity contribution in [3.63, 3.8) is 0 Å². The molecular weight excluding hydrogens is 290 g/mol. The number of hydrogen-bond donors (Lipinski definition) is 2. The predicted molar refractivity (Wildman–Crippen MR) is 78.6 cm³/mol. The minimum absolute atomic E-state index is 0.102. The van der Waals surface area contributed by atoms with Crippen molar-refractivity contribution in [1.82, 2.24) is 0 Å². The van der Waals surface area contributed by atoms with E-state index in [9.17, 15) is 19.5 Å². The molecule has 0 atom stereocenters. The molecule has 0 saturated heterocycles. The largest absolute Gasteiger partial charge is 0.505 e. The average Bonchev–Trinajstić information content (AvgIpc) is 2.48. The number of methoxy groups -OCH3 is 2. The van der Waals surface area contributed by atoms with Crippen molar-refractivity contribution in [3.8, 4) is 5.75 Å². The second-order valence-corrected chi connectivity index (χ2v) is 4.46. The Morgan fingerprint density at radius 1 is 1.18 bits per heavy atom. The summed E-state index contributed by atoms with van der Waals surface area (Å²) in [7, 11) is 2.30. The molecule has 22 heavy (non-hydrogen) atoms. The van der Waals surface area contributed by atoms with Crippen LogP contribution < -0.4 is 5.32 Å². The number of hydrogen-bond acceptors (Lipinski definition) is 7. The maximum atomic E-state index is 11.7. The van der Waals surface area contributed by atoms with Crippen LogP contribution in [0.1, 0.15) is 22.8 Å². The molecule has 0 unspecified atom stereocenters. The summed E-state index contributed by atoms with van der Waals surface area (Å²) < 4.78 is 9.00. The van der Waals surface area contributed by atoms with Gasteiger partial charge in [0, 0.05) is 0 Å².